The zero-order valence-corrected chi connectivity index (χ0v) is 13.3. The van der Waals surface area contributed by atoms with Gasteiger partial charge in [0.1, 0.15) is 0 Å². The summed E-state index contributed by atoms with van der Waals surface area (Å²) in [5.41, 5.74) is -1.40. The Morgan fingerprint density at radius 3 is 2.40 bits per heavy atom. The van der Waals surface area contributed by atoms with Crippen LogP contribution in [0.4, 0.5) is 0 Å². The van der Waals surface area contributed by atoms with Gasteiger partial charge in [0.05, 0.1) is 17.1 Å². The molecule has 2 aliphatic rings. The van der Waals surface area contributed by atoms with Crippen LogP contribution in [0.15, 0.2) is 0 Å². The average Bonchev–Trinajstić information content (AvgIpc) is 2.48. The van der Waals surface area contributed by atoms with E-state index in [1.165, 1.54) is 0 Å². The van der Waals surface area contributed by atoms with Gasteiger partial charge in [0.25, 0.3) is 0 Å². The van der Waals surface area contributed by atoms with Crippen LogP contribution in [0.25, 0.3) is 0 Å². The Labute approximate surface area is 123 Å². The second kappa shape index (κ2) is 6.03. The molecule has 2 rings (SSSR count). The van der Waals surface area contributed by atoms with Gasteiger partial charge in [-0.2, -0.15) is 5.26 Å². The third-order valence-corrected chi connectivity index (χ3v) is 6.10. The summed E-state index contributed by atoms with van der Waals surface area (Å²) in [6.07, 6.45) is 6.03. The highest BCUT2D eigenvalue weighted by molar-refractivity contribution is 5.14. The fourth-order valence-electron chi connectivity index (χ4n) is 4.25. The van der Waals surface area contributed by atoms with Crippen molar-refractivity contribution < 1.29 is 5.11 Å². The van der Waals surface area contributed by atoms with E-state index in [4.69, 9.17) is 0 Å². The molecule has 0 amide bonds. The van der Waals surface area contributed by atoms with E-state index in [0.717, 1.165) is 57.5 Å². The predicted octanol–water partition coefficient (Wildman–Crippen LogP) is 3.09. The number of hydrogen-bond acceptors (Lipinski definition) is 3. The average molecular weight is 278 g/mol. The van der Waals surface area contributed by atoms with Crippen LogP contribution >= 0.6 is 0 Å². The Balaban J connectivity index is 2.12. The number of aliphatic hydroxyl groups is 1. The number of nitriles is 1. The van der Waals surface area contributed by atoms with E-state index < -0.39 is 11.0 Å². The molecule has 0 radical (unpaired) electrons. The van der Waals surface area contributed by atoms with Gasteiger partial charge < -0.3 is 10.4 Å². The Hall–Kier alpha value is -0.590. The lowest BCUT2D eigenvalue weighted by molar-refractivity contribution is -0.112. The number of nitrogens with one attached hydrogen (secondary N) is 1. The highest BCUT2D eigenvalue weighted by Crippen LogP contribution is 2.51. The van der Waals surface area contributed by atoms with Crippen LogP contribution in [0.2, 0.25) is 0 Å². The van der Waals surface area contributed by atoms with Crippen molar-refractivity contribution in [3.8, 4) is 6.07 Å². The van der Waals surface area contributed by atoms with Crippen molar-refractivity contribution in [1.82, 2.24) is 5.32 Å². The molecular weight excluding hydrogens is 248 g/mol. The molecule has 114 valence electrons. The Bertz CT molecular complexity index is 356. The molecule has 2 unspecified atom stereocenters. The van der Waals surface area contributed by atoms with E-state index in [-0.39, 0.29) is 5.92 Å². The van der Waals surface area contributed by atoms with Crippen molar-refractivity contribution >= 4 is 0 Å². The molecule has 3 heteroatoms. The Morgan fingerprint density at radius 1 is 1.30 bits per heavy atom. The minimum absolute atomic E-state index is 0.214. The molecule has 0 aromatic carbocycles. The minimum atomic E-state index is -0.864. The molecule has 3 nitrogen and oxygen atoms in total. The summed E-state index contributed by atoms with van der Waals surface area (Å²) in [6, 6.07) is 2.54. The molecule has 2 fully saturated rings. The molecular formula is C17H30N2O. The monoisotopic (exact) mass is 278 g/mol. The molecule has 1 aliphatic heterocycles. The largest absolute Gasteiger partial charge is 0.388 e. The van der Waals surface area contributed by atoms with Crippen molar-refractivity contribution in [3.63, 3.8) is 0 Å². The van der Waals surface area contributed by atoms with Crippen LogP contribution in [0.5, 0.6) is 0 Å². The Kier molecular flexibility index (Phi) is 4.76. The summed E-state index contributed by atoms with van der Waals surface area (Å²) in [7, 11) is 0. The van der Waals surface area contributed by atoms with Crippen LogP contribution in [0.1, 0.15) is 59.3 Å². The first-order valence-electron chi connectivity index (χ1n) is 8.27. The van der Waals surface area contributed by atoms with Gasteiger partial charge in [-0.1, -0.05) is 13.8 Å². The van der Waals surface area contributed by atoms with Gasteiger partial charge in [0.15, 0.2) is 0 Å². The molecule has 1 saturated carbocycles. The lowest BCUT2D eigenvalue weighted by atomic mass is 9.57. The molecule has 2 N–H and O–H groups in total. The van der Waals surface area contributed by atoms with Crippen molar-refractivity contribution in [2.45, 2.75) is 64.9 Å². The molecule has 0 aromatic rings. The maximum atomic E-state index is 11.2. The van der Waals surface area contributed by atoms with Gasteiger partial charge in [-0.25, -0.2) is 0 Å². The normalized spacial score (nSPS) is 38.2. The number of nitrogens with zero attached hydrogens (tertiary/aromatic N) is 1. The smallest absolute Gasteiger partial charge is 0.0861 e. The second-order valence-electron chi connectivity index (χ2n) is 7.47. The first-order chi connectivity index (χ1) is 9.43. The van der Waals surface area contributed by atoms with E-state index in [9.17, 15) is 10.4 Å². The molecule has 0 spiro atoms. The van der Waals surface area contributed by atoms with E-state index in [1.807, 2.05) is 6.92 Å². The lowest BCUT2D eigenvalue weighted by Gasteiger charge is -2.50. The van der Waals surface area contributed by atoms with E-state index in [1.54, 1.807) is 0 Å². The molecule has 20 heavy (non-hydrogen) atoms. The van der Waals surface area contributed by atoms with Crippen molar-refractivity contribution in [2.24, 2.45) is 23.2 Å². The van der Waals surface area contributed by atoms with E-state index >= 15 is 0 Å². The van der Waals surface area contributed by atoms with Crippen LogP contribution < -0.4 is 5.32 Å². The predicted molar refractivity (Wildman–Crippen MR) is 81.1 cm³/mol. The molecule has 0 bridgehead atoms. The van der Waals surface area contributed by atoms with E-state index in [0.29, 0.717) is 5.92 Å². The maximum Gasteiger partial charge on any atom is 0.0861 e. The van der Waals surface area contributed by atoms with Crippen LogP contribution in [0.3, 0.4) is 0 Å². The highest BCUT2D eigenvalue weighted by Gasteiger charge is 2.53. The molecule has 2 atom stereocenters. The van der Waals surface area contributed by atoms with Crippen LogP contribution in [-0.2, 0) is 0 Å². The van der Waals surface area contributed by atoms with E-state index in [2.05, 4.69) is 25.2 Å². The summed E-state index contributed by atoms with van der Waals surface area (Å²) in [5.74, 6) is 1.62. The van der Waals surface area contributed by atoms with Gasteiger partial charge in [-0.15, -0.1) is 0 Å². The third-order valence-electron chi connectivity index (χ3n) is 6.10. The van der Waals surface area contributed by atoms with Gasteiger partial charge >= 0.3 is 0 Å². The summed E-state index contributed by atoms with van der Waals surface area (Å²) >= 11 is 0. The van der Waals surface area contributed by atoms with Gasteiger partial charge in [-0.05, 0) is 63.8 Å². The zero-order valence-electron chi connectivity index (χ0n) is 13.3. The standard InChI is InChI=1S/C17H30N2O/c1-13(2)14-6-8-17(12-18,9-7-14)16(3,20)15-5-4-10-19-11-15/h13-15,19-20H,4-11H2,1-3H3. The first-order valence-corrected chi connectivity index (χ1v) is 8.27. The summed E-state index contributed by atoms with van der Waals surface area (Å²) in [4.78, 5) is 0. The number of piperidine rings is 1. The SMILES string of the molecule is CC(C)C1CCC(C#N)(C(C)(O)C2CCCNC2)CC1. The molecule has 1 saturated heterocycles. The van der Waals surface area contributed by atoms with Crippen LogP contribution in [0, 0.1) is 34.5 Å². The Morgan fingerprint density at radius 2 is 1.95 bits per heavy atom. The molecule has 1 heterocycles. The lowest BCUT2D eigenvalue weighted by Crippen LogP contribution is -2.56. The fraction of sp³-hybridized carbons (Fsp3) is 0.941. The summed E-state index contributed by atoms with van der Waals surface area (Å²) in [6.45, 7) is 8.36. The summed E-state index contributed by atoms with van der Waals surface area (Å²) < 4.78 is 0. The van der Waals surface area contributed by atoms with Crippen molar-refractivity contribution in [1.29, 1.82) is 5.26 Å². The van der Waals surface area contributed by atoms with Crippen molar-refractivity contribution in [3.05, 3.63) is 0 Å². The van der Waals surface area contributed by atoms with Gasteiger partial charge in [0, 0.05) is 12.5 Å². The first kappa shape index (κ1) is 15.8. The topological polar surface area (TPSA) is 56.0 Å². The zero-order chi connectivity index (χ0) is 14.8. The number of rotatable bonds is 3. The highest BCUT2D eigenvalue weighted by atomic mass is 16.3. The van der Waals surface area contributed by atoms with Crippen molar-refractivity contribution in [2.75, 3.05) is 13.1 Å². The molecule has 0 aromatic heterocycles. The molecule has 1 aliphatic carbocycles. The van der Waals surface area contributed by atoms with Crippen LogP contribution in [-0.4, -0.2) is 23.8 Å². The summed E-state index contributed by atoms with van der Waals surface area (Å²) in [5, 5.41) is 24.4. The number of hydrogen-bond donors (Lipinski definition) is 2. The van der Waals surface area contributed by atoms with Gasteiger partial charge in [-0.3, -0.25) is 0 Å². The maximum absolute atomic E-state index is 11.2. The van der Waals surface area contributed by atoms with Gasteiger partial charge in [0.2, 0.25) is 0 Å². The third kappa shape index (κ3) is 2.73. The second-order valence-corrected chi connectivity index (χ2v) is 7.47. The fourth-order valence-corrected chi connectivity index (χ4v) is 4.25. The quantitative estimate of drug-likeness (QED) is 0.834. The minimum Gasteiger partial charge on any atom is -0.388 e.